The molecule has 0 aliphatic carbocycles. The third kappa shape index (κ3) is 35.2. The van der Waals surface area contributed by atoms with Gasteiger partial charge in [-0.3, -0.25) is 4.79 Å². The molecular weight excluding hydrogens is 991 g/mol. The van der Waals surface area contributed by atoms with Crippen LogP contribution in [0.1, 0.15) is 309 Å². The summed E-state index contributed by atoms with van der Waals surface area (Å²) in [6.45, 7) is 2.90. The van der Waals surface area contributed by atoms with Gasteiger partial charge in [0, 0.05) is 6.42 Å². The quantitative estimate of drug-likeness (QED) is 0.0259. The molecule has 464 valence electrons. The van der Waals surface area contributed by atoms with Crippen LogP contribution in [0.25, 0.3) is 0 Å². The number of amides is 1. The van der Waals surface area contributed by atoms with Crippen LogP contribution < -0.4 is 5.32 Å². The Balaban J connectivity index is 1.63. The van der Waals surface area contributed by atoms with E-state index in [-0.39, 0.29) is 12.5 Å². The summed E-state index contributed by atoms with van der Waals surface area (Å²) in [5.74, 6) is -0.199. The zero-order valence-electron chi connectivity index (χ0n) is 50.2. The molecule has 12 atom stereocenters. The van der Waals surface area contributed by atoms with Gasteiger partial charge in [0.2, 0.25) is 5.91 Å². The van der Waals surface area contributed by atoms with Gasteiger partial charge in [-0.15, -0.1) is 0 Å². The molecular formula is C64H125NO13. The van der Waals surface area contributed by atoms with Crippen molar-refractivity contribution in [3.63, 3.8) is 0 Å². The van der Waals surface area contributed by atoms with Crippen LogP contribution in [0, 0.1) is 0 Å². The lowest BCUT2D eigenvalue weighted by atomic mass is 9.97. The molecule has 0 radical (unpaired) electrons. The molecule has 2 heterocycles. The first-order chi connectivity index (χ1) is 38.1. The van der Waals surface area contributed by atoms with Gasteiger partial charge < -0.3 is 65.1 Å². The van der Waals surface area contributed by atoms with Crippen LogP contribution in [0.4, 0.5) is 0 Å². The standard InChI is InChI=1S/C64H125NO13/c1-3-5-7-9-11-13-15-17-19-20-21-22-23-24-25-26-27-28-29-30-31-32-33-34-36-38-40-42-44-46-48-56(69)65-52(53(68)47-45-43-41-39-37-35-18-16-14-12-10-8-6-4-2)51-75-63-61(74)59(72)62(55(50-67)77-63)78-64-60(73)58(71)57(70)54(49-66)76-64/h52-55,57-64,66-68,70-74H,3-51H2,1-2H3,(H,65,69)/t52-,53+,54+,55+,57-,58?,59?,60?,61?,62+,63+,64-/m0/s1. The van der Waals surface area contributed by atoms with Crippen molar-refractivity contribution >= 4 is 5.91 Å². The maximum Gasteiger partial charge on any atom is 0.220 e. The summed E-state index contributed by atoms with van der Waals surface area (Å²) in [6.07, 6.45) is 41.3. The largest absolute Gasteiger partial charge is 0.394 e. The van der Waals surface area contributed by atoms with E-state index in [1.165, 1.54) is 231 Å². The molecule has 0 aromatic carbocycles. The molecule has 0 bridgehead atoms. The molecule has 0 aromatic heterocycles. The summed E-state index contributed by atoms with van der Waals surface area (Å²) in [5, 5.41) is 87.3. The van der Waals surface area contributed by atoms with Crippen LogP contribution in [0.3, 0.4) is 0 Å². The van der Waals surface area contributed by atoms with Crippen LogP contribution >= 0.6 is 0 Å². The highest BCUT2D eigenvalue weighted by Gasteiger charge is 2.51. The molecule has 0 spiro atoms. The summed E-state index contributed by atoms with van der Waals surface area (Å²) in [7, 11) is 0. The van der Waals surface area contributed by atoms with Crippen LogP contribution in [0.5, 0.6) is 0 Å². The smallest absolute Gasteiger partial charge is 0.220 e. The van der Waals surface area contributed by atoms with Crippen molar-refractivity contribution in [1.29, 1.82) is 0 Å². The Bertz CT molecular complexity index is 1310. The van der Waals surface area contributed by atoms with Gasteiger partial charge in [0.25, 0.3) is 0 Å². The van der Waals surface area contributed by atoms with E-state index in [0.717, 1.165) is 51.4 Å². The van der Waals surface area contributed by atoms with Gasteiger partial charge in [-0.1, -0.05) is 290 Å². The highest BCUT2D eigenvalue weighted by Crippen LogP contribution is 2.30. The van der Waals surface area contributed by atoms with E-state index in [4.69, 9.17) is 18.9 Å². The van der Waals surface area contributed by atoms with Crippen molar-refractivity contribution < 1.29 is 64.6 Å². The van der Waals surface area contributed by atoms with E-state index in [0.29, 0.717) is 12.8 Å². The van der Waals surface area contributed by atoms with Crippen LogP contribution in [0.15, 0.2) is 0 Å². The summed E-state index contributed by atoms with van der Waals surface area (Å²) >= 11 is 0. The number of hydrogen-bond donors (Lipinski definition) is 9. The predicted octanol–water partition coefficient (Wildman–Crippen LogP) is 12.5. The second-order valence-electron chi connectivity index (χ2n) is 24.0. The highest BCUT2D eigenvalue weighted by molar-refractivity contribution is 5.76. The number of unbranched alkanes of at least 4 members (excludes halogenated alkanes) is 42. The number of nitrogens with one attached hydrogen (secondary N) is 1. The molecule has 9 N–H and O–H groups in total. The molecule has 1 amide bonds. The summed E-state index contributed by atoms with van der Waals surface area (Å²) in [6, 6.07) is -0.823. The van der Waals surface area contributed by atoms with E-state index in [9.17, 15) is 45.6 Å². The average Bonchev–Trinajstić information content (AvgIpc) is 3.45. The number of ether oxygens (including phenoxy) is 4. The predicted molar refractivity (Wildman–Crippen MR) is 314 cm³/mol. The van der Waals surface area contributed by atoms with Gasteiger partial charge in [-0.2, -0.15) is 0 Å². The Kier molecular flexibility index (Phi) is 47.3. The first-order valence-electron chi connectivity index (χ1n) is 33.3. The molecule has 14 heteroatoms. The van der Waals surface area contributed by atoms with Crippen LogP contribution in [-0.4, -0.2) is 140 Å². The Morgan fingerprint density at radius 3 is 1.09 bits per heavy atom. The molecule has 0 saturated carbocycles. The Morgan fingerprint density at radius 2 is 0.731 bits per heavy atom. The van der Waals surface area contributed by atoms with E-state index in [1.54, 1.807) is 0 Å². The van der Waals surface area contributed by atoms with E-state index >= 15 is 0 Å². The number of hydrogen-bond acceptors (Lipinski definition) is 13. The lowest BCUT2D eigenvalue weighted by Crippen LogP contribution is -2.65. The van der Waals surface area contributed by atoms with Crippen molar-refractivity contribution in [3.05, 3.63) is 0 Å². The fourth-order valence-electron chi connectivity index (χ4n) is 11.5. The molecule has 2 rings (SSSR count). The molecule has 2 saturated heterocycles. The maximum absolute atomic E-state index is 13.3. The number of carbonyl (C=O) groups excluding carboxylic acids is 1. The first-order valence-corrected chi connectivity index (χ1v) is 33.3. The topological polar surface area (TPSA) is 228 Å². The number of aliphatic hydroxyl groups is 8. The van der Waals surface area contributed by atoms with Crippen molar-refractivity contribution in [2.45, 2.75) is 383 Å². The van der Waals surface area contributed by atoms with Gasteiger partial charge in [-0.05, 0) is 12.8 Å². The normalized spacial score (nSPS) is 24.4. The van der Waals surface area contributed by atoms with E-state index in [1.807, 2.05) is 0 Å². The minimum atomic E-state index is -1.78. The Morgan fingerprint density at radius 1 is 0.410 bits per heavy atom. The van der Waals surface area contributed by atoms with Crippen molar-refractivity contribution in [3.8, 4) is 0 Å². The molecule has 2 aliphatic heterocycles. The van der Waals surface area contributed by atoms with E-state index < -0.39 is 86.8 Å². The molecule has 14 nitrogen and oxygen atoms in total. The molecule has 78 heavy (non-hydrogen) atoms. The zero-order valence-corrected chi connectivity index (χ0v) is 50.2. The second-order valence-corrected chi connectivity index (χ2v) is 24.0. The molecule has 2 aliphatic rings. The Labute approximate surface area is 476 Å². The van der Waals surface area contributed by atoms with Gasteiger partial charge >= 0.3 is 0 Å². The zero-order chi connectivity index (χ0) is 56.7. The Hall–Kier alpha value is -1.01. The number of rotatable bonds is 55. The number of carbonyl (C=O) groups is 1. The van der Waals surface area contributed by atoms with Crippen molar-refractivity contribution in [2.24, 2.45) is 0 Å². The van der Waals surface area contributed by atoms with Gasteiger partial charge in [-0.25, -0.2) is 0 Å². The van der Waals surface area contributed by atoms with Gasteiger partial charge in [0.05, 0.1) is 32.0 Å². The van der Waals surface area contributed by atoms with Crippen LogP contribution in [0.2, 0.25) is 0 Å². The fraction of sp³-hybridized carbons (Fsp3) is 0.984. The molecule has 2 fully saturated rings. The van der Waals surface area contributed by atoms with E-state index in [2.05, 4.69) is 19.2 Å². The van der Waals surface area contributed by atoms with Gasteiger partial charge in [0.15, 0.2) is 12.6 Å². The summed E-state index contributed by atoms with van der Waals surface area (Å²) in [4.78, 5) is 13.3. The average molecular weight is 1120 g/mol. The monoisotopic (exact) mass is 1120 g/mol. The minimum Gasteiger partial charge on any atom is -0.394 e. The second kappa shape index (κ2) is 50.5. The van der Waals surface area contributed by atoms with Gasteiger partial charge in [0.1, 0.15) is 48.8 Å². The minimum absolute atomic E-state index is 0.199. The fourth-order valence-corrected chi connectivity index (χ4v) is 11.5. The lowest BCUT2D eigenvalue weighted by Gasteiger charge is -2.46. The third-order valence-electron chi connectivity index (χ3n) is 16.8. The molecule has 0 aromatic rings. The van der Waals surface area contributed by atoms with Crippen molar-refractivity contribution in [2.75, 3.05) is 19.8 Å². The molecule has 4 unspecified atom stereocenters. The summed E-state index contributed by atoms with van der Waals surface area (Å²) < 4.78 is 22.9. The van der Waals surface area contributed by atoms with Crippen molar-refractivity contribution in [1.82, 2.24) is 5.32 Å². The first kappa shape index (κ1) is 73.1. The maximum atomic E-state index is 13.3. The SMILES string of the molecule is CCCCCCCCCCCCCCCCCCCCCCCCCCCCCCCCC(=O)N[C@@H](CO[C@@H]1O[C@H](CO)[C@@H](O[C@@H]2O[C@H](CO)[C@H](O)C(O)C2O)C(O)C1O)[C@H](O)CCCCCCCCCCCCCCCC. The van der Waals surface area contributed by atoms with Crippen LogP contribution in [-0.2, 0) is 23.7 Å². The highest BCUT2D eigenvalue weighted by atomic mass is 16.7. The lowest BCUT2D eigenvalue weighted by molar-refractivity contribution is -0.359. The number of aliphatic hydroxyl groups excluding tert-OH is 8. The summed E-state index contributed by atoms with van der Waals surface area (Å²) in [5.41, 5.74) is 0. The third-order valence-corrected chi connectivity index (χ3v) is 16.8.